The normalized spacial score (nSPS) is 16.3. The molecule has 1 aliphatic rings. The summed E-state index contributed by atoms with van der Waals surface area (Å²) in [6, 6.07) is 9.84. The molecular weight excluding hydrogens is 509 g/mol. The minimum Gasteiger partial charge on any atom is -0.493 e. The predicted octanol–water partition coefficient (Wildman–Crippen LogP) is 3.52. The van der Waals surface area contributed by atoms with Crippen molar-refractivity contribution in [3.05, 3.63) is 42.1 Å². The number of morpholine rings is 1. The van der Waals surface area contributed by atoms with Crippen LogP contribution in [-0.4, -0.2) is 57.5 Å². The van der Waals surface area contributed by atoms with E-state index in [1.807, 2.05) is 31.3 Å². The van der Waals surface area contributed by atoms with Gasteiger partial charge in [-0.05, 0) is 37.6 Å². The van der Waals surface area contributed by atoms with Gasteiger partial charge in [0.1, 0.15) is 5.82 Å². The van der Waals surface area contributed by atoms with Crippen molar-refractivity contribution in [2.45, 2.75) is 26.5 Å². The smallest absolute Gasteiger partial charge is 0.195 e. The first-order chi connectivity index (χ1) is 14.6. The zero-order chi connectivity index (χ0) is 21.3. The van der Waals surface area contributed by atoms with Crippen LogP contribution in [0.25, 0.3) is 0 Å². The molecule has 0 saturated carbocycles. The van der Waals surface area contributed by atoms with Crippen molar-refractivity contribution < 1.29 is 14.2 Å². The number of halogens is 1. The standard InChI is InChI=1S/C22H31N5O3.HI/c1-5-29-19-8-7-18(12-20(19)28-4)26-22(23-3)25-14-17-6-9-21(24-13-17)27-10-11-30-16(2)15-27;/h6-9,12-13,16H,5,10-11,14-15H2,1-4H3,(H2,23,25,26);1H. The van der Waals surface area contributed by atoms with E-state index in [1.165, 1.54) is 0 Å². The monoisotopic (exact) mass is 541 g/mol. The van der Waals surface area contributed by atoms with E-state index in [-0.39, 0.29) is 30.1 Å². The summed E-state index contributed by atoms with van der Waals surface area (Å²) in [6.07, 6.45) is 2.13. The summed E-state index contributed by atoms with van der Waals surface area (Å²) in [5, 5.41) is 6.58. The molecule has 1 aliphatic heterocycles. The first-order valence-corrected chi connectivity index (χ1v) is 10.2. The summed E-state index contributed by atoms with van der Waals surface area (Å²) in [6.45, 7) is 7.71. The topological polar surface area (TPSA) is 80.2 Å². The van der Waals surface area contributed by atoms with Gasteiger partial charge < -0.3 is 29.7 Å². The fourth-order valence-electron chi connectivity index (χ4n) is 3.26. The Morgan fingerprint density at radius 3 is 2.77 bits per heavy atom. The van der Waals surface area contributed by atoms with Crippen LogP contribution in [-0.2, 0) is 11.3 Å². The average Bonchev–Trinajstić information content (AvgIpc) is 2.78. The van der Waals surface area contributed by atoms with Crippen LogP contribution in [0.3, 0.4) is 0 Å². The molecule has 0 aliphatic carbocycles. The minimum absolute atomic E-state index is 0. The van der Waals surface area contributed by atoms with E-state index in [0.717, 1.165) is 36.8 Å². The average molecular weight is 541 g/mol. The van der Waals surface area contributed by atoms with Gasteiger partial charge in [-0.1, -0.05) is 6.07 Å². The van der Waals surface area contributed by atoms with Crippen molar-refractivity contribution in [3.63, 3.8) is 0 Å². The van der Waals surface area contributed by atoms with Crippen LogP contribution >= 0.6 is 24.0 Å². The van der Waals surface area contributed by atoms with Gasteiger partial charge in [-0.3, -0.25) is 4.99 Å². The van der Waals surface area contributed by atoms with Gasteiger partial charge in [0.15, 0.2) is 17.5 Å². The molecule has 1 saturated heterocycles. The Kier molecular flexibility index (Phi) is 10.1. The fourth-order valence-corrected chi connectivity index (χ4v) is 3.26. The molecule has 1 fully saturated rings. The molecule has 0 bridgehead atoms. The van der Waals surface area contributed by atoms with Crippen molar-refractivity contribution >= 4 is 41.4 Å². The molecule has 0 spiro atoms. The van der Waals surface area contributed by atoms with E-state index in [0.29, 0.717) is 30.6 Å². The second-order valence-corrected chi connectivity index (χ2v) is 7.00. The van der Waals surface area contributed by atoms with E-state index in [4.69, 9.17) is 14.2 Å². The Morgan fingerprint density at radius 1 is 1.29 bits per heavy atom. The predicted molar refractivity (Wildman–Crippen MR) is 135 cm³/mol. The Morgan fingerprint density at radius 2 is 2.13 bits per heavy atom. The third-order valence-electron chi connectivity index (χ3n) is 4.78. The molecule has 8 nitrogen and oxygen atoms in total. The Labute approximate surface area is 201 Å². The number of benzene rings is 1. The lowest BCUT2D eigenvalue weighted by molar-refractivity contribution is 0.0529. The van der Waals surface area contributed by atoms with Crippen molar-refractivity contribution in [3.8, 4) is 11.5 Å². The molecule has 1 aromatic carbocycles. The van der Waals surface area contributed by atoms with Crippen molar-refractivity contribution in [2.75, 3.05) is 50.7 Å². The summed E-state index contributed by atoms with van der Waals surface area (Å²) >= 11 is 0. The van der Waals surface area contributed by atoms with Gasteiger partial charge in [-0.25, -0.2) is 4.98 Å². The van der Waals surface area contributed by atoms with Crippen molar-refractivity contribution in [1.82, 2.24) is 10.3 Å². The second kappa shape index (κ2) is 12.6. The van der Waals surface area contributed by atoms with E-state index >= 15 is 0 Å². The zero-order valence-corrected chi connectivity index (χ0v) is 20.9. The Balaban J connectivity index is 0.00000341. The molecule has 2 aromatic rings. The molecule has 31 heavy (non-hydrogen) atoms. The molecule has 0 radical (unpaired) electrons. The first-order valence-electron chi connectivity index (χ1n) is 10.2. The van der Waals surface area contributed by atoms with E-state index in [1.54, 1.807) is 14.2 Å². The maximum absolute atomic E-state index is 5.60. The number of guanidine groups is 1. The summed E-state index contributed by atoms with van der Waals surface area (Å²) in [5.74, 6) is 3.04. The zero-order valence-electron chi connectivity index (χ0n) is 18.6. The highest BCUT2D eigenvalue weighted by Crippen LogP contribution is 2.30. The molecule has 2 N–H and O–H groups in total. The van der Waals surface area contributed by atoms with Crippen LogP contribution in [0, 0.1) is 0 Å². The van der Waals surface area contributed by atoms with Crippen LogP contribution in [0.2, 0.25) is 0 Å². The molecule has 170 valence electrons. The summed E-state index contributed by atoms with van der Waals surface area (Å²) in [4.78, 5) is 11.2. The number of hydrogen-bond donors (Lipinski definition) is 2. The van der Waals surface area contributed by atoms with E-state index in [2.05, 4.69) is 44.6 Å². The molecule has 1 aromatic heterocycles. The summed E-state index contributed by atoms with van der Waals surface area (Å²) in [5.41, 5.74) is 1.94. The highest BCUT2D eigenvalue weighted by Gasteiger charge is 2.17. The number of aliphatic imine (C=N–C) groups is 1. The largest absolute Gasteiger partial charge is 0.493 e. The molecule has 0 amide bonds. The molecule has 1 atom stereocenters. The Hall–Kier alpha value is -2.27. The maximum atomic E-state index is 5.60. The third kappa shape index (κ3) is 7.13. The first kappa shape index (κ1) is 25.0. The van der Waals surface area contributed by atoms with Gasteiger partial charge in [0.25, 0.3) is 0 Å². The number of aromatic nitrogens is 1. The van der Waals surface area contributed by atoms with Crippen LogP contribution in [0.1, 0.15) is 19.4 Å². The minimum atomic E-state index is 0. The molecule has 9 heteroatoms. The van der Waals surface area contributed by atoms with E-state index in [9.17, 15) is 0 Å². The lowest BCUT2D eigenvalue weighted by Crippen LogP contribution is -2.41. The number of anilines is 2. The number of pyridine rings is 1. The molecule has 3 rings (SSSR count). The number of nitrogens with one attached hydrogen (secondary N) is 2. The molecule has 1 unspecified atom stereocenters. The molecule has 2 heterocycles. The van der Waals surface area contributed by atoms with Crippen LogP contribution in [0.15, 0.2) is 41.5 Å². The SMILES string of the molecule is CCOc1ccc(NC(=NC)NCc2ccc(N3CCOC(C)C3)nc2)cc1OC.I. The lowest BCUT2D eigenvalue weighted by atomic mass is 10.2. The second-order valence-electron chi connectivity index (χ2n) is 7.00. The van der Waals surface area contributed by atoms with E-state index < -0.39 is 0 Å². The quantitative estimate of drug-likeness (QED) is 0.316. The van der Waals surface area contributed by atoms with Crippen molar-refractivity contribution in [1.29, 1.82) is 0 Å². The number of nitrogens with zero attached hydrogens (tertiary/aromatic N) is 3. The summed E-state index contributed by atoms with van der Waals surface area (Å²) in [7, 11) is 3.37. The lowest BCUT2D eigenvalue weighted by Gasteiger charge is -2.32. The number of ether oxygens (including phenoxy) is 3. The van der Waals surface area contributed by atoms with Gasteiger partial charge in [-0.2, -0.15) is 0 Å². The Bertz CT molecular complexity index is 848. The third-order valence-corrected chi connectivity index (χ3v) is 4.78. The highest BCUT2D eigenvalue weighted by molar-refractivity contribution is 14.0. The van der Waals surface area contributed by atoms with Gasteiger partial charge in [0.2, 0.25) is 0 Å². The van der Waals surface area contributed by atoms with Gasteiger partial charge >= 0.3 is 0 Å². The maximum Gasteiger partial charge on any atom is 0.195 e. The van der Waals surface area contributed by atoms with Gasteiger partial charge in [0, 0.05) is 44.6 Å². The van der Waals surface area contributed by atoms with Crippen LogP contribution < -0.4 is 25.0 Å². The number of methoxy groups -OCH3 is 1. The van der Waals surface area contributed by atoms with Crippen LogP contribution in [0.4, 0.5) is 11.5 Å². The highest BCUT2D eigenvalue weighted by atomic mass is 127. The van der Waals surface area contributed by atoms with Gasteiger partial charge in [0.05, 0.1) is 26.4 Å². The molecular formula is C22H32IN5O3. The van der Waals surface area contributed by atoms with Crippen LogP contribution in [0.5, 0.6) is 11.5 Å². The van der Waals surface area contributed by atoms with Gasteiger partial charge in [-0.15, -0.1) is 24.0 Å². The summed E-state index contributed by atoms with van der Waals surface area (Å²) < 4.78 is 16.6. The van der Waals surface area contributed by atoms with Crippen molar-refractivity contribution in [2.24, 2.45) is 4.99 Å². The number of hydrogen-bond acceptors (Lipinski definition) is 6. The number of rotatable bonds is 7. The fraction of sp³-hybridized carbons (Fsp3) is 0.455.